The zero-order chi connectivity index (χ0) is 9.19. The van der Waals surface area contributed by atoms with Crippen LogP contribution in [0.15, 0.2) is 28.9 Å². The zero-order valence-electron chi connectivity index (χ0n) is 8.33. The molecule has 1 atom stereocenters. The largest absolute Gasteiger partial charge is 0.265 e. The highest BCUT2D eigenvalue weighted by atomic mass is 14.7. The molecule has 1 aliphatic heterocycles. The molecule has 1 aliphatic rings. The van der Waals surface area contributed by atoms with Crippen molar-refractivity contribution in [2.75, 3.05) is 0 Å². The Morgan fingerprint density at radius 3 is 2.67 bits per heavy atom. The summed E-state index contributed by atoms with van der Waals surface area (Å²) in [4.78, 5) is 4.16. The molecule has 1 nitrogen and oxygen atoms in total. The van der Waals surface area contributed by atoms with Crippen LogP contribution in [-0.4, -0.2) is 6.21 Å². The number of rotatable bonds is 1. The van der Waals surface area contributed by atoms with Crippen molar-refractivity contribution < 1.29 is 0 Å². The molecule has 0 N–H and O–H groups in total. The van der Waals surface area contributed by atoms with E-state index in [0.717, 1.165) is 0 Å². The van der Waals surface area contributed by atoms with Gasteiger partial charge in [0, 0.05) is 17.8 Å². The molecule has 0 aliphatic carbocycles. The first-order valence-corrected chi connectivity index (χ1v) is 4.45. The Kier molecular flexibility index (Phi) is 2.51. The Morgan fingerprint density at radius 2 is 2.08 bits per heavy atom. The summed E-state index contributed by atoms with van der Waals surface area (Å²) in [6.45, 7) is 8.81. The van der Waals surface area contributed by atoms with Gasteiger partial charge in [-0.15, -0.1) is 0 Å². The van der Waals surface area contributed by atoms with E-state index < -0.39 is 0 Å². The maximum atomic E-state index is 4.16. The first-order valence-electron chi connectivity index (χ1n) is 4.45. The molecule has 0 radical (unpaired) electrons. The lowest BCUT2D eigenvalue weighted by Crippen LogP contribution is -2.17. The van der Waals surface area contributed by atoms with Gasteiger partial charge >= 0.3 is 0 Å². The number of aliphatic imine (C=N–C) groups is 1. The van der Waals surface area contributed by atoms with E-state index in [9.17, 15) is 0 Å². The predicted octanol–water partition coefficient (Wildman–Crippen LogP) is 3.19. The third-order valence-electron chi connectivity index (χ3n) is 2.58. The Hall–Kier alpha value is -0.850. The number of allylic oxidation sites excluding steroid dienone is 3. The third kappa shape index (κ3) is 1.84. The minimum absolute atomic E-state index is 0.167. The molecule has 0 saturated carbocycles. The van der Waals surface area contributed by atoms with Gasteiger partial charge < -0.3 is 0 Å². The summed E-state index contributed by atoms with van der Waals surface area (Å²) >= 11 is 0. The average Bonchev–Trinajstić information content (AvgIpc) is 2.12. The lowest BCUT2D eigenvalue weighted by molar-refractivity contribution is 0.382. The number of nitrogens with zero attached hydrogens (tertiary/aromatic N) is 1. The van der Waals surface area contributed by atoms with Crippen molar-refractivity contribution in [2.24, 2.45) is 16.3 Å². The molecule has 0 bridgehead atoms. The Labute approximate surface area is 74.9 Å². The topological polar surface area (TPSA) is 12.4 Å². The van der Waals surface area contributed by atoms with Gasteiger partial charge in [0.05, 0.1) is 0 Å². The van der Waals surface area contributed by atoms with E-state index in [-0.39, 0.29) is 5.41 Å². The van der Waals surface area contributed by atoms with Crippen molar-refractivity contribution in [3.05, 3.63) is 23.9 Å². The molecule has 0 aromatic carbocycles. The summed E-state index contributed by atoms with van der Waals surface area (Å²) < 4.78 is 0. The zero-order valence-corrected chi connectivity index (χ0v) is 8.33. The van der Waals surface area contributed by atoms with Crippen LogP contribution < -0.4 is 0 Å². The van der Waals surface area contributed by atoms with E-state index in [0.29, 0.717) is 5.92 Å². The second-order valence-electron chi connectivity index (χ2n) is 4.00. The van der Waals surface area contributed by atoms with Crippen molar-refractivity contribution in [2.45, 2.75) is 27.7 Å². The van der Waals surface area contributed by atoms with Crippen molar-refractivity contribution in [1.82, 2.24) is 0 Å². The van der Waals surface area contributed by atoms with Crippen LogP contribution in [-0.2, 0) is 0 Å². The number of hydrogen-bond donors (Lipinski definition) is 0. The van der Waals surface area contributed by atoms with Crippen LogP contribution in [0.1, 0.15) is 27.7 Å². The molecule has 0 saturated heterocycles. The fraction of sp³-hybridized carbons (Fsp3) is 0.545. The van der Waals surface area contributed by atoms with Gasteiger partial charge in [-0.2, -0.15) is 0 Å². The maximum absolute atomic E-state index is 4.16. The Bertz CT molecular complexity index is 246. The molecule has 0 aromatic heterocycles. The van der Waals surface area contributed by atoms with E-state index >= 15 is 0 Å². The monoisotopic (exact) mass is 163 g/mol. The molecular formula is C11H17N. The summed E-state index contributed by atoms with van der Waals surface area (Å²) in [6.07, 6.45) is 8.26. The first-order chi connectivity index (χ1) is 5.54. The summed E-state index contributed by atoms with van der Waals surface area (Å²) in [5, 5.41) is 0. The molecule has 0 amide bonds. The van der Waals surface area contributed by atoms with Gasteiger partial charge in [-0.1, -0.05) is 32.9 Å². The van der Waals surface area contributed by atoms with E-state index in [1.807, 2.05) is 12.4 Å². The highest BCUT2D eigenvalue weighted by Gasteiger charge is 2.22. The van der Waals surface area contributed by atoms with E-state index in [2.05, 4.69) is 44.8 Å². The van der Waals surface area contributed by atoms with Crippen LogP contribution in [0, 0.1) is 11.3 Å². The highest BCUT2D eigenvalue weighted by Crippen LogP contribution is 2.32. The van der Waals surface area contributed by atoms with Gasteiger partial charge in [0.25, 0.3) is 0 Å². The molecular weight excluding hydrogens is 146 g/mol. The average molecular weight is 163 g/mol. The molecule has 66 valence electrons. The minimum Gasteiger partial charge on any atom is -0.265 e. The summed E-state index contributed by atoms with van der Waals surface area (Å²) in [7, 11) is 0. The van der Waals surface area contributed by atoms with Crippen LogP contribution in [0.4, 0.5) is 0 Å². The molecule has 1 rings (SSSR count). The van der Waals surface area contributed by atoms with Crippen molar-refractivity contribution in [1.29, 1.82) is 0 Å². The van der Waals surface area contributed by atoms with Crippen molar-refractivity contribution >= 4 is 6.21 Å². The standard InChI is InChI=1S/C11H17N/c1-9(2)11(4)5-6-12-8-10(3)7-11/h5-9H,1-4H3. The maximum Gasteiger partial charge on any atom is 0.0294 e. The summed E-state index contributed by atoms with van der Waals surface area (Å²) in [5.41, 5.74) is 1.41. The van der Waals surface area contributed by atoms with Crippen molar-refractivity contribution in [3.8, 4) is 0 Å². The molecule has 0 fully saturated rings. The van der Waals surface area contributed by atoms with Crippen molar-refractivity contribution in [3.63, 3.8) is 0 Å². The van der Waals surface area contributed by atoms with E-state index in [1.54, 1.807) is 0 Å². The number of hydrogen-bond acceptors (Lipinski definition) is 1. The first kappa shape index (κ1) is 9.24. The summed E-state index contributed by atoms with van der Waals surface area (Å²) in [6, 6.07) is 0. The summed E-state index contributed by atoms with van der Waals surface area (Å²) in [5.74, 6) is 0.616. The van der Waals surface area contributed by atoms with Crippen LogP contribution in [0.25, 0.3) is 0 Å². The van der Waals surface area contributed by atoms with Gasteiger partial charge in [-0.25, -0.2) is 0 Å². The molecule has 1 heteroatoms. The van der Waals surface area contributed by atoms with Crippen LogP contribution in [0.5, 0.6) is 0 Å². The lowest BCUT2D eigenvalue weighted by atomic mass is 9.78. The van der Waals surface area contributed by atoms with Gasteiger partial charge in [0.1, 0.15) is 0 Å². The van der Waals surface area contributed by atoms with Gasteiger partial charge in [-0.3, -0.25) is 4.99 Å². The molecule has 0 aromatic rings. The molecule has 12 heavy (non-hydrogen) atoms. The normalized spacial score (nSPS) is 28.9. The second kappa shape index (κ2) is 3.26. The van der Waals surface area contributed by atoms with Gasteiger partial charge in [0.2, 0.25) is 0 Å². The van der Waals surface area contributed by atoms with Crippen LogP contribution in [0.3, 0.4) is 0 Å². The Balaban J connectivity index is 2.99. The lowest BCUT2D eigenvalue weighted by Gasteiger charge is -2.26. The quantitative estimate of drug-likeness (QED) is 0.563. The second-order valence-corrected chi connectivity index (χ2v) is 4.00. The Morgan fingerprint density at radius 1 is 1.42 bits per heavy atom. The molecule has 1 unspecified atom stereocenters. The van der Waals surface area contributed by atoms with E-state index in [4.69, 9.17) is 0 Å². The fourth-order valence-corrected chi connectivity index (χ4v) is 1.30. The minimum atomic E-state index is 0.167. The van der Waals surface area contributed by atoms with Crippen LogP contribution >= 0.6 is 0 Å². The fourth-order valence-electron chi connectivity index (χ4n) is 1.30. The van der Waals surface area contributed by atoms with Crippen LogP contribution in [0.2, 0.25) is 0 Å². The molecule has 1 heterocycles. The highest BCUT2D eigenvalue weighted by molar-refractivity contribution is 5.78. The predicted molar refractivity (Wildman–Crippen MR) is 54.3 cm³/mol. The SMILES string of the molecule is CC1=CC(C)(C(C)C)C=CN=C1. The van der Waals surface area contributed by atoms with E-state index in [1.165, 1.54) is 5.57 Å². The smallest absolute Gasteiger partial charge is 0.0294 e. The van der Waals surface area contributed by atoms with Gasteiger partial charge in [0.15, 0.2) is 0 Å². The third-order valence-corrected chi connectivity index (χ3v) is 2.58. The van der Waals surface area contributed by atoms with Gasteiger partial charge in [-0.05, 0) is 18.4 Å². The molecule has 0 spiro atoms.